The molecule has 78 valence electrons. The lowest BCUT2D eigenvalue weighted by Crippen LogP contribution is -2.21. The van der Waals surface area contributed by atoms with E-state index in [9.17, 15) is 4.79 Å². The van der Waals surface area contributed by atoms with Gasteiger partial charge in [0, 0.05) is 17.1 Å². The Labute approximate surface area is 95.1 Å². The number of aryl methyl sites for hydroxylation is 1. The van der Waals surface area contributed by atoms with Crippen LogP contribution in [0.15, 0.2) is 33.5 Å². The number of benzene rings is 1. The molecule has 1 heterocycles. The molecule has 0 aliphatic rings. The number of halogens is 1. The summed E-state index contributed by atoms with van der Waals surface area (Å²) in [5.74, 6) is 0. The summed E-state index contributed by atoms with van der Waals surface area (Å²) >= 11 is 3.37. The van der Waals surface area contributed by atoms with E-state index in [1.807, 2.05) is 18.2 Å². The minimum absolute atomic E-state index is 0.146. The van der Waals surface area contributed by atoms with Crippen LogP contribution in [0.1, 0.15) is 5.56 Å². The van der Waals surface area contributed by atoms with Gasteiger partial charge in [-0.3, -0.25) is 4.79 Å². The SMILES string of the molecule is Cn1c(=O)c(CO)cc2cc(Br)ccc21. The lowest BCUT2D eigenvalue weighted by atomic mass is 10.1. The van der Waals surface area contributed by atoms with Crippen molar-refractivity contribution in [3.63, 3.8) is 0 Å². The van der Waals surface area contributed by atoms with Gasteiger partial charge in [0.2, 0.25) is 0 Å². The fourth-order valence-corrected chi connectivity index (χ4v) is 2.01. The minimum Gasteiger partial charge on any atom is -0.391 e. The van der Waals surface area contributed by atoms with Crippen LogP contribution in [-0.4, -0.2) is 9.67 Å². The second-order valence-electron chi connectivity index (χ2n) is 3.39. The fourth-order valence-electron chi connectivity index (χ4n) is 1.63. The van der Waals surface area contributed by atoms with Crippen molar-refractivity contribution in [3.05, 3.63) is 44.7 Å². The molecule has 0 saturated heterocycles. The second kappa shape index (κ2) is 3.79. The molecule has 2 rings (SSSR count). The van der Waals surface area contributed by atoms with Crippen molar-refractivity contribution in [1.82, 2.24) is 4.57 Å². The number of aromatic nitrogens is 1. The minimum atomic E-state index is -0.227. The standard InChI is InChI=1S/C11H10BrNO2/c1-13-10-3-2-9(12)5-7(10)4-8(6-14)11(13)15/h2-5,14H,6H2,1H3. The summed E-state index contributed by atoms with van der Waals surface area (Å²) in [6.45, 7) is -0.227. The maximum atomic E-state index is 11.7. The predicted molar refractivity (Wildman–Crippen MR) is 62.8 cm³/mol. The maximum absolute atomic E-state index is 11.7. The van der Waals surface area contributed by atoms with Crippen molar-refractivity contribution in [2.75, 3.05) is 0 Å². The summed E-state index contributed by atoms with van der Waals surface area (Å²) in [5, 5.41) is 9.99. The molecule has 0 spiro atoms. The highest BCUT2D eigenvalue weighted by Gasteiger charge is 2.05. The molecule has 0 aliphatic carbocycles. The average molecular weight is 268 g/mol. The summed E-state index contributed by atoms with van der Waals surface area (Å²) in [5.41, 5.74) is 1.14. The van der Waals surface area contributed by atoms with Gasteiger partial charge in [-0.1, -0.05) is 15.9 Å². The quantitative estimate of drug-likeness (QED) is 0.856. The van der Waals surface area contributed by atoms with Gasteiger partial charge in [-0.05, 0) is 29.7 Å². The molecule has 0 saturated carbocycles. The van der Waals surface area contributed by atoms with Gasteiger partial charge in [0.05, 0.1) is 12.1 Å². The van der Waals surface area contributed by atoms with Crippen LogP contribution in [-0.2, 0) is 13.7 Å². The Hall–Kier alpha value is -1.13. The highest BCUT2D eigenvalue weighted by atomic mass is 79.9. The van der Waals surface area contributed by atoms with Crippen molar-refractivity contribution in [3.8, 4) is 0 Å². The number of rotatable bonds is 1. The first-order valence-electron chi connectivity index (χ1n) is 4.52. The van der Waals surface area contributed by atoms with Crippen molar-refractivity contribution in [1.29, 1.82) is 0 Å². The third-order valence-corrected chi connectivity index (χ3v) is 2.92. The smallest absolute Gasteiger partial charge is 0.256 e. The lowest BCUT2D eigenvalue weighted by Gasteiger charge is -2.07. The third-order valence-electron chi connectivity index (χ3n) is 2.43. The first kappa shape index (κ1) is 10.4. The number of pyridine rings is 1. The molecule has 1 aromatic carbocycles. The fraction of sp³-hybridized carbons (Fsp3) is 0.182. The van der Waals surface area contributed by atoms with E-state index in [1.54, 1.807) is 17.7 Å². The molecule has 0 unspecified atom stereocenters. The van der Waals surface area contributed by atoms with Crippen LogP contribution in [0.2, 0.25) is 0 Å². The molecular formula is C11H10BrNO2. The summed E-state index contributed by atoms with van der Waals surface area (Å²) in [7, 11) is 1.71. The lowest BCUT2D eigenvalue weighted by molar-refractivity contribution is 0.279. The van der Waals surface area contributed by atoms with Crippen LogP contribution in [0.25, 0.3) is 10.9 Å². The third kappa shape index (κ3) is 1.70. The average Bonchev–Trinajstić information content (AvgIpc) is 2.23. The van der Waals surface area contributed by atoms with Crippen molar-refractivity contribution < 1.29 is 5.11 Å². The van der Waals surface area contributed by atoms with Crippen LogP contribution in [0.5, 0.6) is 0 Å². The van der Waals surface area contributed by atoms with Gasteiger partial charge in [0.15, 0.2) is 0 Å². The summed E-state index contributed by atoms with van der Waals surface area (Å²) in [6.07, 6.45) is 0. The Morgan fingerprint density at radius 2 is 2.13 bits per heavy atom. The van der Waals surface area contributed by atoms with Crippen molar-refractivity contribution in [2.24, 2.45) is 7.05 Å². The number of hydrogen-bond acceptors (Lipinski definition) is 2. The van der Waals surface area contributed by atoms with E-state index in [-0.39, 0.29) is 12.2 Å². The number of fused-ring (bicyclic) bond motifs is 1. The van der Waals surface area contributed by atoms with Gasteiger partial charge in [-0.25, -0.2) is 0 Å². The summed E-state index contributed by atoms with van der Waals surface area (Å²) in [6, 6.07) is 7.42. The molecule has 0 amide bonds. The zero-order valence-electron chi connectivity index (χ0n) is 8.20. The van der Waals surface area contributed by atoms with E-state index in [4.69, 9.17) is 5.11 Å². The molecule has 4 heteroatoms. The highest BCUT2D eigenvalue weighted by molar-refractivity contribution is 9.10. The molecule has 0 radical (unpaired) electrons. The molecular weight excluding hydrogens is 258 g/mol. The van der Waals surface area contributed by atoms with E-state index in [2.05, 4.69) is 15.9 Å². The van der Waals surface area contributed by atoms with E-state index >= 15 is 0 Å². The topological polar surface area (TPSA) is 42.2 Å². The van der Waals surface area contributed by atoms with E-state index in [1.165, 1.54) is 0 Å². The second-order valence-corrected chi connectivity index (χ2v) is 4.31. The first-order chi connectivity index (χ1) is 7.13. The van der Waals surface area contributed by atoms with Gasteiger partial charge < -0.3 is 9.67 Å². The molecule has 0 atom stereocenters. The monoisotopic (exact) mass is 267 g/mol. The number of nitrogens with zero attached hydrogens (tertiary/aromatic N) is 1. The summed E-state index contributed by atoms with van der Waals surface area (Å²) in [4.78, 5) is 11.7. The highest BCUT2D eigenvalue weighted by Crippen LogP contribution is 2.18. The Bertz CT molecular complexity index is 575. The Balaban J connectivity index is 2.91. The van der Waals surface area contributed by atoms with Crippen molar-refractivity contribution in [2.45, 2.75) is 6.61 Å². The van der Waals surface area contributed by atoms with Crippen LogP contribution in [0.3, 0.4) is 0 Å². The van der Waals surface area contributed by atoms with E-state index < -0.39 is 0 Å². The Morgan fingerprint density at radius 3 is 2.80 bits per heavy atom. The van der Waals surface area contributed by atoms with E-state index in [0.717, 1.165) is 15.4 Å². The van der Waals surface area contributed by atoms with Crippen molar-refractivity contribution >= 4 is 26.8 Å². The van der Waals surface area contributed by atoms with Crippen LogP contribution >= 0.6 is 15.9 Å². The molecule has 0 aliphatic heterocycles. The van der Waals surface area contributed by atoms with Gasteiger partial charge >= 0.3 is 0 Å². The largest absolute Gasteiger partial charge is 0.391 e. The van der Waals surface area contributed by atoms with Crippen LogP contribution in [0.4, 0.5) is 0 Å². The summed E-state index contributed by atoms with van der Waals surface area (Å²) < 4.78 is 2.50. The first-order valence-corrected chi connectivity index (χ1v) is 5.32. The van der Waals surface area contributed by atoms with Gasteiger partial charge in [-0.2, -0.15) is 0 Å². The Kier molecular flexibility index (Phi) is 2.63. The molecule has 1 aromatic heterocycles. The zero-order chi connectivity index (χ0) is 11.0. The molecule has 15 heavy (non-hydrogen) atoms. The molecule has 1 N–H and O–H groups in total. The van der Waals surface area contributed by atoms with Crippen LogP contribution < -0.4 is 5.56 Å². The maximum Gasteiger partial charge on any atom is 0.256 e. The number of aliphatic hydroxyl groups excluding tert-OH is 1. The Morgan fingerprint density at radius 1 is 1.40 bits per heavy atom. The van der Waals surface area contributed by atoms with Gasteiger partial charge in [0.25, 0.3) is 5.56 Å². The molecule has 0 fully saturated rings. The normalized spacial score (nSPS) is 10.9. The van der Waals surface area contributed by atoms with Gasteiger partial charge in [-0.15, -0.1) is 0 Å². The zero-order valence-corrected chi connectivity index (χ0v) is 9.78. The molecule has 2 aromatic rings. The molecule has 0 bridgehead atoms. The molecule has 3 nitrogen and oxygen atoms in total. The van der Waals surface area contributed by atoms with Crippen LogP contribution in [0, 0.1) is 0 Å². The predicted octanol–water partition coefficient (Wildman–Crippen LogP) is 1.79. The van der Waals surface area contributed by atoms with Gasteiger partial charge in [0.1, 0.15) is 0 Å². The number of hydrogen-bond donors (Lipinski definition) is 1. The van der Waals surface area contributed by atoms with E-state index in [0.29, 0.717) is 5.56 Å². The number of aliphatic hydroxyl groups is 1.